The summed E-state index contributed by atoms with van der Waals surface area (Å²) in [5, 5.41) is 3.17. The maximum absolute atomic E-state index is 14.9. The minimum atomic E-state index is -1.85. The minimum absolute atomic E-state index is 0.0897. The average Bonchev–Trinajstić information content (AvgIpc) is 3.15. The fourth-order valence-corrected chi connectivity index (χ4v) is 3.97. The summed E-state index contributed by atoms with van der Waals surface area (Å²) in [7, 11) is 6.90. The SMILES string of the molecule is [B]c1ccc2nc(C(=O)COC(=O)C3CC(C)(F)CN3C(=O)[C@@H](NC(=O)OC)C(C)C)ccc2c1. The molecule has 2 amide bonds. The Morgan fingerprint density at radius 3 is 2.63 bits per heavy atom. The molecule has 9 nitrogen and oxygen atoms in total. The van der Waals surface area contributed by atoms with Gasteiger partial charge in [0, 0.05) is 6.42 Å². The quantitative estimate of drug-likeness (QED) is 0.360. The Morgan fingerprint density at radius 2 is 1.97 bits per heavy atom. The second-order valence-corrected chi connectivity index (χ2v) is 9.14. The van der Waals surface area contributed by atoms with Crippen LogP contribution in [0.3, 0.4) is 0 Å². The van der Waals surface area contributed by atoms with E-state index < -0.39 is 48.1 Å². The van der Waals surface area contributed by atoms with Gasteiger partial charge in [-0.1, -0.05) is 37.5 Å². The monoisotopic (exact) mass is 483 g/mol. The van der Waals surface area contributed by atoms with Gasteiger partial charge in [0.05, 0.1) is 19.2 Å². The topological polar surface area (TPSA) is 115 Å². The number of methoxy groups -OCH3 is 1. The van der Waals surface area contributed by atoms with Gasteiger partial charge in [-0.05, 0) is 30.4 Å². The van der Waals surface area contributed by atoms with E-state index >= 15 is 0 Å². The van der Waals surface area contributed by atoms with E-state index in [1.807, 2.05) is 0 Å². The van der Waals surface area contributed by atoms with E-state index in [-0.39, 0.29) is 24.6 Å². The first kappa shape index (κ1) is 26.1. The van der Waals surface area contributed by atoms with Crippen molar-refractivity contribution in [3.63, 3.8) is 0 Å². The Kier molecular flexibility index (Phi) is 7.77. The number of Topliss-reactive ketones (excluding diaryl/α,β-unsaturated/α-hetero) is 1. The van der Waals surface area contributed by atoms with Crippen molar-refractivity contribution in [2.45, 2.75) is 44.9 Å². The molecule has 1 N–H and O–H groups in total. The summed E-state index contributed by atoms with van der Waals surface area (Å²) in [5.74, 6) is -2.47. The fraction of sp³-hybridized carbons (Fsp3) is 0.458. The minimum Gasteiger partial charge on any atom is -0.456 e. The molecule has 0 saturated carbocycles. The van der Waals surface area contributed by atoms with Crippen molar-refractivity contribution in [1.29, 1.82) is 0 Å². The summed E-state index contributed by atoms with van der Waals surface area (Å²) in [6, 6.07) is 5.93. The zero-order valence-corrected chi connectivity index (χ0v) is 20.0. The highest BCUT2D eigenvalue weighted by Crippen LogP contribution is 2.32. The standard InChI is InChI=1S/C24H27BFN3O6/c1-13(2)20(28-23(33)34-4)21(31)29-12-24(3,26)10-18(29)22(32)35-11-19(30)17-7-5-14-9-15(25)6-8-16(14)27-17/h5-9,13,18,20H,10-12H2,1-4H3,(H,28,33)/t18?,20-,24?/m0/s1. The molecule has 0 aliphatic carbocycles. The van der Waals surface area contributed by atoms with Crippen molar-refractivity contribution in [2.75, 3.05) is 20.3 Å². The van der Waals surface area contributed by atoms with E-state index in [2.05, 4.69) is 15.0 Å². The van der Waals surface area contributed by atoms with Crippen LogP contribution in [0.4, 0.5) is 9.18 Å². The first-order valence-electron chi connectivity index (χ1n) is 11.1. The molecule has 2 heterocycles. The highest BCUT2D eigenvalue weighted by atomic mass is 19.1. The van der Waals surface area contributed by atoms with E-state index in [4.69, 9.17) is 12.6 Å². The third kappa shape index (κ3) is 6.15. The predicted molar refractivity (Wildman–Crippen MR) is 126 cm³/mol. The number of hydrogen-bond donors (Lipinski definition) is 1. The van der Waals surface area contributed by atoms with E-state index in [0.717, 1.165) is 17.4 Å². The number of alkyl halides is 1. The normalized spacial score (nSPS) is 20.5. The average molecular weight is 483 g/mol. The van der Waals surface area contributed by atoms with Gasteiger partial charge in [-0.15, -0.1) is 0 Å². The number of fused-ring (bicyclic) bond motifs is 1. The van der Waals surface area contributed by atoms with Gasteiger partial charge in [-0.2, -0.15) is 0 Å². The van der Waals surface area contributed by atoms with Crippen molar-refractivity contribution in [3.8, 4) is 0 Å². The Labute approximate surface area is 203 Å². The van der Waals surface area contributed by atoms with Crippen molar-refractivity contribution < 1.29 is 33.0 Å². The Hall–Kier alpha value is -3.50. The summed E-state index contributed by atoms with van der Waals surface area (Å²) >= 11 is 0. The molecule has 3 atom stereocenters. The van der Waals surface area contributed by atoms with Crippen LogP contribution in [0.15, 0.2) is 30.3 Å². The van der Waals surface area contributed by atoms with E-state index in [1.54, 1.807) is 38.1 Å². The number of pyridine rings is 1. The zero-order valence-electron chi connectivity index (χ0n) is 20.0. The van der Waals surface area contributed by atoms with Crippen LogP contribution in [0.25, 0.3) is 10.9 Å². The van der Waals surface area contributed by atoms with Crippen LogP contribution in [-0.4, -0.2) is 79.5 Å². The number of halogens is 1. The lowest BCUT2D eigenvalue weighted by Gasteiger charge is -2.29. The Balaban J connectivity index is 1.71. The summed E-state index contributed by atoms with van der Waals surface area (Å²) in [6.07, 6.45) is -1.13. The van der Waals surface area contributed by atoms with Crippen LogP contribution in [0.2, 0.25) is 0 Å². The molecule has 184 valence electrons. The van der Waals surface area contributed by atoms with Gasteiger partial charge in [0.1, 0.15) is 31.3 Å². The number of aromatic nitrogens is 1. The van der Waals surface area contributed by atoms with Crippen LogP contribution >= 0.6 is 0 Å². The second kappa shape index (κ2) is 10.4. The molecule has 1 aliphatic rings. The third-order valence-electron chi connectivity index (χ3n) is 5.79. The molecule has 2 aromatic rings. The first-order valence-corrected chi connectivity index (χ1v) is 11.1. The van der Waals surface area contributed by atoms with Gasteiger partial charge in [0.15, 0.2) is 6.61 Å². The molecule has 11 heteroatoms. The van der Waals surface area contributed by atoms with Crippen LogP contribution in [0, 0.1) is 5.92 Å². The summed E-state index contributed by atoms with van der Waals surface area (Å²) in [6.45, 7) is 3.68. The van der Waals surface area contributed by atoms with Crippen molar-refractivity contribution in [2.24, 2.45) is 5.92 Å². The third-order valence-corrected chi connectivity index (χ3v) is 5.79. The molecular formula is C24H27BFN3O6. The van der Waals surface area contributed by atoms with Crippen LogP contribution < -0.4 is 10.8 Å². The van der Waals surface area contributed by atoms with Gasteiger partial charge < -0.3 is 19.7 Å². The molecule has 35 heavy (non-hydrogen) atoms. The molecular weight excluding hydrogens is 456 g/mol. The van der Waals surface area contributed by atoms with Crippen LogP contribution in [-0.2, 0) is 19.1 Å². The largest absolute Gasteiger partial charge is 0.456 e. The number of alkyl carbamates (subject to hydrolysis) is 1. The van der Waals surface area contributed by atoms with Gasteiger partial charge in [-0.25, -0.2) is 19.0 Å². The van der Waals surface area contributed by atoms with E-state index in [0.29, 0.717) is 11.0 Å². The molecule has 3 rings (SSSR count). The number of benzene rings is 1. The summed E-state index contributed by atoms with van der Waals surface area (Å²) in [4.78, 5) is 55.5. The smallest absolute Gasteiger partial charge is 0.407 e. The number of ketones is 1. The predicted octanol–water partition coefficient (Wildman–Crippen LogP) is 1.46. The molecule has 2 radical (unpaired) electrons. The van der Waals surface area contributed by atoms with Gasteiger partial charge >= 0.3 is 12.1 Å². The highest BCUT2D eigenvalue weighted by Gasteiger charge is 2.49. The van der Waals surface area contributed by atoms with Crippen LogP contribution in [0.1, 0.15) is 37.7 Å². The fourth-order valence-electron chi connectivity index (χ4n) is 3.97. The van der Waals surface area contributed by atoms with Crippen molar-refractivity contribution >= 4 is 48.0 Å². The highest BCUT2D eigenvalue weighted by molar-refractivity contribution is 6.33. The van der Waals surface area contributed by atoms with E-state index in [9.17, 15) is 23.6 Å². The number of carbonyl (C=O) groups is 4. The lowest BCUT2D eigenvalue weighted by Crippen LogP contribution is -2.54. The van der Waals surface area contributed by atoms with Crippen molar-refractivity contribution in [3.05, 3.63) is 36.0 Å². The number of hydrogen-bond acceptors (Lipinski definition) is 7. The summed E-state index contributed by atoms with van der Waals surface area (Å²) < 4.78 is 24.6. The van der Waals surface area contributed by atoms with Gasteiger partial charge in [0.2, 0.25) is 11.7 Å². The number of rotatable bonds is 7. The maximum atomic E-state index is 14.9. The summed E-state index contributed by atoms with van der Waals surface area (Å²) in [5.41, 5.74) is -0.649. The first-order chi connectivity index (χ1) is 16.4. The Bertz CT molecular complexity index is 1160. The molecule has 1 aromatic heterocycles. The molecule has 2 unspecified atom stereocenters. The molecule has 1 fully saturated rings. The Morgan fingerprint density at radius 1 is 1.26 bits per heavy atom. The second-order valence-electron chi connectivity index (χ2n) is 9.14. The maximum Gasteiger partial charge on any atom is 0.407 e. The molecule has 1 aliphatic heterocycles. The molecule has 1 saturated heterocycles. The van der Waals surface area contributed by atoms with Gasteiger partial charge in [-0.3, -0.25) is 9.59 Å². The molecule has 0 spiro atoms. The number of amides is 2. The van der Waals surface area contributed by atoms with Crippen LogP contribution in [0.5, 0.6) is 0 Å². The number of ether oxygens (including phenoxy) is 2. The zero-order chi connectivity index (χ0) is 25.9. The number of carbonyl (C=O) groups excluding carboxylic acids is 4. The lowest BCUT2D eigenvalue weighted by molar-refractivity contribution is -0.153. The number of nitrogens with zero attached hydrogens (tertiary/aromatic N) is 2. The van der Waals surface area contributed by atoms with Gasteiger partial charge in [0.25, 0.3) is 0 Å². The number of esters is 1. The molecule has 0 bridgehead atoms. The lowest BCUT2D eigenvalue weighted by atomic mass is 9.94. The molecule has 1 aromatic carbocycles. The number of nitrogens with one attached hydrogen (secondary N) is 1. The van der Waals surface area contributed by atoms with Crippen molar-refractivity contribution in [1.82, 2.24) is 15.2 Å². The van der Waals surface area contributed by atoms with E-state index in [1.165, 1.54) is 13.0 Å². The number of likely N-dealkylation sites (tertiary alicyclic amines) is 1.